The number of benzene rings is 1. The predicted molar refractivity (Wildman–Crippen MR) is 77.6 cm³/mol. The molecule has 2 aliphatic rings. The largest absolute Gasteiger partial charge is 0.321 e. The molecule has 112 valence electrons. The van der Waals surface area contributed by atoms with E-state index >= 15 is 0 Å². The van der Waals surface area contributed by atoms with Gasteiger partial charge in [0.15, 0.2) is 0 Å². The quantitative estimate of drug-likeness (QED) is 0.667. The minimum atomic E-state index is -0.408. The summed E-state index contributed by atoms with van der Waals surface area (Å²) in [6, 6.07) is 6.47. The van der Waals surface area contributed by atoms with Gasteiger partial charge >= 0.3 is 0 Å². The Morgan fingerprint density at radius 3 is 2.57 bits per heavy atom. The molecule has 0 aromatic heterocycles. The summed E-state index contributed by atoms with van der Waals surface area (Å²) in [5.41, 5.74) is 0.623. The Morgan fingerprint density at radius 2 is 2.05 bits per heavy atom. The number of nitro benzene ring substituents is 1. The first-order valence-corrected chi connectivity index (χ1v) is 7.40. The molecule has 2 fully saturated rings. The Labute approximate surface area is 123 Å². The van der Waals surface area contributed by atoms with Gasteiger partial charge in [0.2, 0.25) is 5.91 Å². The third kappa shape index (κ3) is 2.40. The molecule has 0 bridgehead atoms. The lowest BCUT2D eigenvalue weighted by Gasteiger charge is -2.24. The summed E-state index contributed by atoms with van der Waals surface area (Å²) in [6.07, 6.45) is 3.61. The van der Waals surface area contributed by atoms with Gasteiger partial charge in [0, 0.05) is 18.7 Å². The van der Waals surface area contributed by atoms with E-state index in [1.54, 1.807) is 12.1 Å². The molecule has 1 saturated heterocycles. The van der Waals surface area contributed by atoms with Gasteiger partial charge in [-0.2, -0.15) is 0 Å². The Hall–Kier alpha value is -1.95. The van der Waals surface area contributed by atoms with E-state index in [9.17, 15) is 14.9 Å². The van der Waals surface area contributed by atoms with Crippen LogP contribution in [0.3, 0.4) is 0 Å². The number of nitro groups is 1. The number of amides is 1. The first-order chi connectivity index (χ1) is 10.1. The Morgan fingerprint density at radius 1 is 1.38 bits per heavy atom. The van der Waals surface area contributed by atoms with Crippen LogP contribution in [0.2, 0.25) is 0 Å². The van der Waals surface area contributed by atoms with Gasteiger partial charge in [-0.05, 0) is 37.0 Å². The van der Waals surface area contributed by atoms with Gasteiger partial charge in [-0.25, -0.2) is 0 Å². The second kappa shape index (κ2) is 5.11. The van der Waals surface area contributed by atoms with Crippen LogP contribution in [0.25, 0.3) is 0 Å². The van der Waals surface area contributed by atoms with Crippen molar-refractivity contribution in [2.45, 2.75) is 44.3 Å². The number of carbonyl (C=O) groups is 1. The SMILES string of the molecule is CCCCN1C(=O)C2(CC2)NC1c1ccc([N+](=O)[O-])cc1. The second-order valence-electron chi connectivity index (χ2n) is 5.83. The van der Waals surface area contributed by atoms with E-state index in [0.717, 1.165) is 37.8 Å². The molecular weight excluding hydrogens is 270 g/mol. The Balaban J connectivity index is 1.84. The number of unbranched alkanes of at least 4 members (excludes halogenated alkanes) is 1. The van der Waals surface area contributed by atoms with Crippen LogP contribution in [-0.4, -0.2) is 27.8 Å². The average molecular weight is 289 g/mol. The number of hydrogen-bond donors (Lipinski definition) is 1. The fraction of sp³-hybridized carbons (Fsp3) is 0.533. The lowest BCUT2D eigenvalue weighted by Crippen LogP contribution is -2.32. The molecule has 6 heteroatoms. The smallest absolute Gasteiger partial charge is 0.269 e. The summed E-state index contributed by atoms with van der Waals surface area (Å²) < 4.78 is 0. The molecule has 1 N–H and O–H groups in total. The van der Waals surface area contributed by atoms with Gasteiger partial charge in [-0.15, -0.1) is 0 Å². The van der Waals surface area contributed by atoms with Crippen molar-refractivity contribution < 1.29 is 9.72 Å². The van der Waals surface area contributed by atoms with Crippen molar-refractivity contribution in [1.29, 1.82) is 0 Å². The molecule has 1 heterocycles. The maximum absolute atomic E-state index is 12.5. The average Bonchev–Trinajstić information content (AvgIpc) is 3.21. The van der Waals surface area contributed by atoms with Crippen molar-refractivity contribution in [2.75, 3.05) is 6.54 Å². The van der Waals surface area contributed by atoms with Crippen molar-refractivity contribution in [3.8, 4) is 0 Å². The van der Waals surface area contributed by atoms with E-state index in [4.69, 9.17) is 0 Å². The Bertz CT molecular complexity index is 566. The third-order valence-corrected chi connectivity index (χ3v) is 4.32. The first-order valence-electron chi connectivity index (χ1n) is 7.40. The summed E-state index contributed by atoms with van der Waals surface area (Å²) in [5, 5.41) is 14.2. The third-order valence-electron chi connectivity index (χ3n) is 4.32. The molecule has 1 spiro atoms. The van der Waals surface area contributed by atoms with Gasteiger partial charge in [0.05, 0.1) is 4.92 Å². The fourth-order valence-corrected chi connectivity index (χ4v) is 2.88. The number of nitrogens with zero attached hydrogens (tertiary/aromatic N) is 2. The van der Waals surface area contributed by atoms with Crippen LogP contribution in [0.5, 0.6) is 0 Å². The van der Waals surface area contributed by atoms with Crippen molar-refractivity contribution >= 4 is 11.6 Å². The molecule has 1 atom stereocenters. The molecule has 1 aromatic carbocycles. The van der Waals surface area contributed by atoms with Gasteiger partial charge < -0.3 is 4.90 Å². The minimum absolute atomic E-state index is 0.0734. The normalized spacial score (nSPS) is 22.8. The molecule has 1 aliphatic heterocycles. The molecule has 1 aliphatic carbocycles. The number of non-ortho nitro benzene ring substituents is 1. The van der Waals surface area contributed by atoms with Crippen LogP contribution >= 0.6 is 0 Å². The summed E-state index contributed by atoms with van der Waals surface area (Å²) in [6.45, 7) is 2.83. The van der Waals surface area contributed by atoms with Crippen LogP contribution in [-0.2, 0) is 4.79 Å². The molecule has 1 saturated carbocycles. The number of rotatable bonds is 5. The molecular formula is C15H19N3O3. The van der Waals surface area contributed by atoms with E-state index < -0.39 is 4.92 Å². The van der Waals surface area contributed by atoms with Crippen molar-refractivity contribution in [3.05, 3.63) is 39.9 Å². The molecule has 1 aromatic rings. The van der Waals surface area contributed by atoms with Crippen LogP contribution in [0, 0.1) is 10.1 Å². The predicted octanol–water partition coefficient (Wildman–Crippen LogP) is 2.36. The zero-order valence-corrected chi connectivity index (χ0v) is 12.0. The summed E-state index contributed by atoms with van der Waals surface area (Å²) >= 11 is 0. The van der Waals surface area contributed by atoms with Crippen LogP contribution in [0.1, 0.15) is 44.3 Å². The van der Waals surface area contributed by atoms with Gasteiger partial charge in [0.1, 0.15) is 11.7 Å². The molecule has 1 unspecified atom stereocenters. The van der Waals surface area contributed by atoms with E-state index in [1.807, 2.05) is 4.90 Å². The van der Waals surface area contributed by atoms with E-state index in [-0.39, 0.29) is 23.3 Å². The second-order valence-corrected chi connectivity index (χ2v) is 5.83. The maximum Gasteiger partial charge on any atom is 0.269 e. The summed E-state index contributed by atoms with van der Waals surface area (Å²) in [4.78, 5) is 24.7. The van der Waals surface area contributed by atoms with Crippen molar-refractivity contribution in [2.24, 2.45) is 0 Å². The lowest BCUT2D eigenvalue weighted by atomic mass is 10.1. The summed E-state index contributed by atoms with van der Waals surface area (Å²) in [5.74, 6) is 0.180. The molecule has 3 rings (SSSR count). The first kappa shape index (κ1) is 14.0. The number of nitrogens with one attached hydrogen (secondary N) is 1. The molecule has 6 nitrogen and oxygen atoms in total. The van der Waals surface area contributed by atoms with Gasteiger partial charge in [0.25, 0.3) is 5.69 Å². The zero-order valence-electron chi connectivity index (χ0n) is 12.0. The van der Waals surface area contributed by atoms with E-state index in [1.165, 1.54) is 12.1 Å². The van der Waals surface area contributed by atoms with Crippen LogP contribution < -0.4 is 5.32 Å². The highest BCUT2D eigenvalue weighted by molar-refractivity contribution is 5.92. The van der Waals surface area contributed by atoms with Crippen LogP contribution in [0.4, 0.5) is 5.69 Å². The lowest BCUT2D eigenvalue weighted by molar-refractivity contribution is -0.384. The topological polar surface area (TPSA) is 75.5 Å². The number of carbonyl (C=O) groups excluding carboxylic acids is 1. The monoisotopic (exact) mass is 289 g/mol. The van der Waals surface area contributed by atoms with Crippen molar-refractivity contribution in [1.82, 2.24) is 10.2 Å². The molecule has 0 radical (unpaired) electrons. The fourth-order valence-electron chi connectivity index (χ4n) is 2.88. The Kier molecular flexibility index (Phi) is 3.41. The van der Waals surface area contributed by atoms with E-state index in [2.05, 4.69) is 12.2 Å². The van der Waals surface area contributed by atoms with E-state index in [0.29, 0.717) is 0 Å². The highest BCUT2D eigenvalue weighted by Gasteiger charge is 2.59. The minimum Gasteiger partial charge on any atom is -0.321 e. The van der Waals surface area contributed by atoms with Gasteiger partial charge in [-0.3, -0.25) is 20.2 Å². The highest BCUT2D eigenvalue weighted by Crippen LogP contribution is 2.46. The van der Waals surface area contributed by atoms with Gasteiger partial charge in [-0.1, -0.05) is 13.3 Å². The highest BCUT2D eigenvalue weighted by atomic mass is 16.6. The standard InChI is InChI=1S/C15H19N3O3/c1-2-3-10-17-13(16-15(8-9-15)14(17)19)11-4-6-12(7-5-11)18(20)21/h4-7,13,16H,2-3,8-10H2,1H3. The van der Waals surface area contributed by atoms with Crippen molar-refractivity contribution in [3.63, 3.8) is 0 Å². The maximum atomic E-state index is 12.5. The summed E-state index contributed by atoms with van der Waals surface area (Å²) in [7, 11) is 0. The zero-order chi connectivity index (χ0) is 15.0. The molecule has 1 amide bonds. The molecule has 21 heavy (non-hydrogen) atoms. The van der Waals surface area contributed by atoms with Crippen LogP contribution in [0.15, 0.2) is 24.3 Å². The number of hydrogen-bond acceptors (Lipinski definition) is 4.